The Morgan fingerprint density at radius 3 is 2.40 bits per heavy atom. The summed E-state index contributed by atoms with van der Waals surface area (Å²) in [4.78, 5) is 0. The monoisotopic (exact) mass is 272 g/mol. The SMILES string of the molecule is CCC=C/C=C(\CCC)C(C)(C)C1=CC=C(CC)CC1. The van der Waals surface area contributed by atoms with E-state index in [0.29, 0.717) is 0 Å². The van der Waals surface area contributed by atoms with Crippen molar-refractivity contribution in [3.8, 4) is 0 Å². The maximum Gasteiger partial charge on any atom is 0.00703 e. The molecule has 0 aromatic carbocycles. The Morgan fingerprint density at radius 1 is 1.15 bits per heavy atom. The number of rotatable bonds is 7. The van der Waals surface area contributed by atoms with Crippen molar-refractivity contribution in [2.24, 2.45) is 5.41 Å². The number of allylic oxidation sites excluding steroid dienone is 8. The molecule has 1 aliphatic rings. The lowest BCUT2D eigenvalue weighted by atomic mass is 9.72. The summed E-state index contributed by atoms with van der Waals surface area (Å²) in [5, 5.41) is 0. The molecule has 0 fully saturated rings. The molecule has 0 saturated heterocycles. The second kappa shape index (κ2) is 8.29. The zero-order valence-electron chi connectivity index (χ0n) is 14.1. The minimum absolute atomic E-state index is 0.198. The summed E-state index contributed by atoms with van der Waals surface area (Å²) in [7, 11) is 0. The minimum atomic E-state index is 0.198. The van der Waals surface area contributed by atoms with Gasteiger partial charge in [0, 0.05) is 5.41 Å². The molecule has 112 valence electrons. The molecule has 20 heavy (non-hydrogen) atoms. The van der Waals surface area contributed by atoms with Crippen LogP contribution in [0.25, 0.3) is 0 Å². The summed E-state index contributed by atoms with van der Waals surface area (Å²) in [6.07, 6.45) is 18.8. The lowest BCUT2D eigenvalue weighted by Crippen LogP contribution is -2.19. The van der Waals surface area contributed by atoms with Crippen LogP contribution in [0.4, 0.5) is 0 Å². The molecule has 0 aromatic heterocycles. The van der Waals surface area contributed by atoms with Gasteiger partial charge in [0.15, 0.2) is 0 Å². The number of hydrogen-bond acceptors (Lipinski definition) is 0. The standard InChI is InChI=1S/C20H32/c1-6-9-10-12-18(11-7-2)20(4,5)19-15-13-17(8-3)14-16-19/h9-10,12-13,15H,6-8,11,14,16H2,1-5H3/b10-9?,18-12+. The van der Waals surface area contributed by atoms with Crippen molar-refractivity contribution in [2.75, 3.05) is 0 Å². The first-order chi connectivity index (χ1) is 9.56. The third kappa shape index (κ3) is 4.51. The van der Waals surface area contributed by atoms with E-state index in [0.717, 1.165) is 6.42 Å². The summed E-state index contributed by atoms with van der Waals surface area (Å²) in [5.41, 5.74) is 4.96. The van der Waals surface area contributed by atoms with E-state index in [9.17, 15) is 0 Å². The second-order valence-corrected chi connectivity index (χ2v) is 6.27. The third-order valence-corrected chi connectivity index (χ3v) is 4.48. The molecule has 0 saturated carbocycles. The Bertz CT molecular complexity index is 413. The van der Waals surface area contributed by atoms with Gasteiger partial charge in [-0.25, -0.2) is 0 Å². The normalized spacial score (nSPS) is 17.4. The lowest BCUT2D eigenvalue weighted by Gasteiger charge is -2.33. The Balaban J connectivity index is 2.98. The highest BCUT2D eigenvalue weighted by Gasteiger charge is 2.27. The van der Waals surface area contributed by atoms with E-state index in [1.807, 2.05) is 0 Å². The van der Waals surface area contributed by atoms with Crippen molar-refractivity contribution in [2.45, 2.75) is 73.1 Å². The average molecular weight is 272 g/mol. The van der Waals surface area contributed by atoms with E-state index in [1.54, 1.807) is 16.7 Å². The van der Waals surface area contributed by atoms with Crippen LogP contribution in [-0.4, -0.2) is 0 Å². The smallest absolute Gasteiger partial charge is 0.00703 e. The molecule has 0 unspecified atom stereocenters. The zero-order valence-corrected chi connectivity index (χ0v) is 14.1. The molecule has 0 atom stereocenters. The van der Waals surface area contributed by atoms with E-state index in [4.69, 9.17) is 0 Å². The fourth-order valence-corrected chi connectivity index (χ4v) is 2.90. The maximum atomic E-state index is 2.39. The van der Waals surface area contributed by atoms with Gasteiger partial charge in [0.2, 0.25) is 0 Å². The molecule has 0 heterocycles. The van der Waals surface area contributed by atoms with Crippen LogP contribution < -0.4 is 0 Å². The first kappa shape index (κ1) is 17.0. The van der Waals surface area contributed by atoms with E-state index < -0.39 is 0 Å². The Morgan fingerprint density at radius 2 is 1.90 bits per heavy atom. The van der Waals surface area contributed by atoms with Gasteiger partial charge in [-0.05, 0) is 32.1 Å². The first-order valence-corrected chi connectivity index (χ1v) is 8.31. The van der Waals surface area contributed by atoms with Gasteiger partial charge in [0.05, 0.1) is 0 Å². The summed E-state index contributed by atoms with van der Waals surface area (Å²) < 4.78 is 0. The fraction of sp³-hybridized carbons (Fsp3) is 0.600. The molecule has 0 heteroatoms. The minimum Gasteiger partial charge on any atom is -0.0848 e. The quantitative estimate of drug-likeness (QED) is 0.449. The average Bonchev–Trinajstić information content (AvgIpc) is 2.46. The van der Waals surface area contributed by atoms with Crippen LogP contribution in [0.1, 0.15) is 73.1 Å². The first-order valence-electron chi connectivity index (χ1n) is 8.31. The van der Waals surface area contributed by atoms with Crippen LogP contribution in [0.3, 0.4) is 0 Å². The molecular formula is C20H32. The molecular weight excluding hydrogens is 240 g/mol. The molecule has 1 rings (SSSR count). The van der Waals surface area contributed by atoms with Gasteiger partial charge in [-0.15, -0.1) is 0 Å². The van der Waals surface area contributed by atoms with Crippen molar-refractivity contribution in [3.63, 3.8) is 0 Å². The van der Waals surface area contributed by atoms with E-state index in [-0.39, 0.29) is 5.41 Å². The van der Waals surface area contributed by atoms with Crippen LogP contribution in [0.2, 0.25) is 0 Å². The topological polar surface area (TPSA) is 0 Å². The molecule has 0 bridgehead atoms. The van der Waals surface area contributed by atoms with E-state index in [2.05, 4.69) is 65.0 Å². The second-order valence-electron chi connectivity index (χ2n) is 6.27. The van der Waals surface area contributed by atoms with Crippen molar-refractivity contribution < 1.29 is 0 Å². The summed E-state index contributed by atoms with van der Waals surface area (Å²) in [5.74, 6) is 0. The highest BCUT2D eigenvalue weighted by atomic mass is 14.3. The third-order valence-electron chi connectivity index (χ3n) is 4.48. The summed E-state index contributed by atoms with van der Waals surface area (Å²) in [6, 6.07) is 0. The van der Waals surface area contributed by atoms with Crippen molar-refractivity contribution >= 4 is 0 Å². The van der Waals surface area contributed by atoms with Crippen LogP contribution in [-0.2, 0) is 0 Å². The van der Waals surface area contributed by atoms with Gasteiger partial charge in [-0.2, -0.15) is 0 Å². The molecule has 0 amide bonds. The van der Waals surface area contributed by atoms with Gasteiger partial charge in [0.25, 0.3) is 0 Å². The molecule has 0 radical (unpaired) electrons. The zero-order chi connectivity index (χ0) is 15.0. The Hall–Kier alpha value is -1.04. The summed E-state index contributed by atoms with van der Waals surface area (Å²) >= 11 is 0. The predicted molar refractivity (Wildman–Crippen MR) is 91.9 cm³/mol. The van der Waals surface area contributed by atoms with Gasteiger partial charge in [-0.3, -0.25) is 0 Å². The molecule has 0 aliphatic heterocycles. The van der Waals surface area contributed by atoms with Crippen LogP contribution in [0.5, 0.6) is 0 Å². The Labute approximate surface area is 126 Å². The Kier molecular flexibility index (Phi) is 7.05. The fourth-order valence-electron chi connectivity index (χ4n) is 2.90. The largest absolute Gasteiger partial charge is 0.0848 e. The molecule has 0 nitrogen and oxygen atoms in total. The van der Waals surface area contributed by atoms with Gasteiger partial charge >= 0.3 is 0 Å². The van der Waals surface area contributed by atoms with E-state index in [1.165, 1.54) is 32.1 Å². The van der Waals surface area contributed by atoms with Crippen molar-refractivity contribution in [1.29, 1.82) is 0 Å². The lowest BCUT2D eigenvalue weighted by molar-refractivity contribution is 0.488. The van der Waals surface area contributed by atoms with Gasteiger partial charge < -0.3 is 0 Å². The molecule has 0 N–H and O–H groups in total. The number of hydrogen-bond donors (Lipinski definition) is 0. The summed E-state index contributed by atoms with van der Waals surface area (Å²) in [6.45, 7) is 11.5. The predicted octanol–water partition coefficient (Wildman–Crippen LogP) is 6.76. The van der Waals surface area contributed by atoms with Crippen molar-refractivity contribution in [3.05, 3.63) is 47.1 Å². The van der Waals surface area contributed by atoms with Crippen LogP contribution in [0, 0.1) is 5.41 Å². The van der Waals surface area contributed by atoms with Crippen molar-refractivity contribution in [1.82, 2.24) is 0 Å². The van der Waals surface area contributed by atoms with E-state index >= 15 is 0 Å². The molecule has 0 spiro atoms. The molecule has 1 aliphatic carbocycles. The maximum absolute atomic E-state index is 2.39. The van der Waals surface area contributed by atoms with Gasteiger partial charge in [0.1, 0.15) is 0 Å². The highest BCUT2D eigenvalue weighted by Crippen LogP contribution is 2.41. The van der Waals surface area contributed by atoms with Gasteiger partial charge in [-0.1, -0.05) is 88.1 Å². The van der Waals surface area contributed by atoms with Crippen LogP contribution in [0.15, 0.2) is 47.1 Å². The van der Waals surface area contributed by atoms with Crippen LogP contribution >= 0.6 is 0 Å². The molecule has 0 aromatic rings. The highest BCUT2D eigenvalue weighted by molar-refractivity contribution is 5.35.